The van der Waals surface area contributed by atoms with Crippen molar-refractivity contribution in [1.82, 2.24) is 15.0 Å². The van der Waals surface area contributed by atoms with Crippen molar-refractivity contribution in [2.24, 2.45) is 0 Å². The van der Waals surface area contributed by atoms with Crippen molar-refractivity contribution in [2.45, 2.75) is 20.0 Å². The Kier molecular flexibility index (Phi) is 3.57. The molecule has 2 rings (SSSR count). The van der Waals surface area contributed by atoms with Crippen LogP contribution in [-0.4, -0.2) is 21.1 Å². The second kappa shape index (κ2) is 5.31. The molecule has 0 radical (unpaired) electrons. The van der Waals surface area contributed by atoms with Gasteiger partial charge in [-0.1, -0.05) is 18.2 Å². The summed E-state index contributed by atoms with van der Waals surface area (Å²) in [6.07, 6.45) is -0.0172. The molecule has 3 N–H and O–H groups in total. The molecule has 0 atom stereocenters. The number of hydrogen-bond donors (Lipinski definition) is 2. The topological polar surface area (TPSA) is 86.0 Å². The minimum atomic E-state index is -0.0172. The molecule has 0 aliphatic carbocycles. The number of anilines is 3. The third kappa shape index (κ3) is 3.31. The number of benzene rings is 1. The van der Waals surface area contributed by atoms with Crippen LogP contribution in [0.3, 0.4) is 0 Å². The SMILES string of the molecule is CC(C)Oc1nc(N)nc(Nc2ccccc2)n1. The van der Waals surface area contributed by atoms with Gasteiger partial charge >= 0.3 is 6.01 Å². The zero-order valence-corrected chi connectivity index (χ0v) is 10.3. The number of nitrogens with two attached hydrogens (primary N) is 1. The van der Waals surface area contributed by atoms with E-state index in [0.717, 1.165) is 5.69 Å². The van der Waals surface area contributed by atoms with Crippen molar-refractivity contribution in [2.75, 3.05) is 11.1 Å². The fourth-order valence-corrected chi connectivity index (χ4v) is 1.34. The average molecular weight is 245 g/mol. The summed E-state index contributed by atoms with van der Waals surface area (Å²) in [5.74, 6) is 0.489. The summed E-state index contributed by atoms with van der Waals surface area (Å²) >= 11 is 0. The molecule has 0 aliphatic heterocycles. The summed E-state index contributed by atoms with van der Waals surface area (Å²) in [5, 5.41) is 3.04. The highest BCUT2D eigenvalue weighted by Crippen LogP contribution is 2.15. The van der Waals surface area contributed by atoms with E-state index < -0.39 is 0 Å². The summed E-state index contributed by atoms with van der Waals surface area (Å²) in [6.45, 7) is 3.79. The number of ether oxygens (including phenoxy) is 1. The Morgan fingerprint density at radius 3 is 2.50 bits per heavy atom. The summed E-state index contributed by atoms with van der Waals surface area (Å²) in [6, 6.07) is 9.79. The maximum absolute atomic E-state index is 5.61. The first kappa shape index (κ1) is 12.1. The standard InChI is InChI=1S/C12H15N5O/c1-8(2)18-12-16-10(13)15-11(17-12)14-9-6-4-3-5-7-9/h3-8H,1-2H3,(H3,13,14,15,16,17). The Bertz CT molecular complexity index is 515. The van der Waals surface area contributed by atoms with Crippen LogP contribution in [-0.2, 0) is 0 Å². The third-order valence-corrected chi connectivity index (χ3v) is 2.00. The molecule has 94 valence electrons. The van der Waals surface area contributed by atoms with Gasteiger partial charge in [-0.05, 0) is 26.0 Å². The number of para-hydroxylation sites is 1. The van der Waals surface area contributed by atoms with E-state index in [2.05, 4.69) is 20.3 Å². The number of nitrogens with one attached hydrogen (secondary N) is 1. The number of hydrogen-bond acceptors (Lipinski definition) is 6. The Balaban J connectivity index is 2.20. The smallest absolute Gasteiger partial charge is 0.323 e. The van der Waals surface area contributed by atoms with Crippen LogP contribution in [0.2, 0.25) is 0 Å². The fraction of sp³-hybridized carbons (Fsp3) is 0.250. The third-order valence-electron chi connectivity index (χ3n) is 2.00. The number of aromatic nitrogens is 3. The lowest BCUT2D eigenvalue weighted by molar-refractivity contribution is 0.222. The molecule has 1 aromatic heterocycles. The van der Waals surface area contributed by atoms with Crippen molar-refractivity contribution in [3.05, 3.63) is 30.3 Å². The lowest BCUT2D eigenvalue weighted by Crippen LogP contribution is -2.11. The maximum Gasteiger partial charge on any atom is 0.323 e. The van der Waals surface area contributed by atoms with Crippen LogP contribution in [0.4, 0.5) is 17.6 Å². The van der Waals surface area contributed by atoms with Gasteiger partial charge in [0.2, 0.25) is 11.9 Å². The van der Waals surface area contributed by atoms with Gasteiger partial charge in [0.05, 0.1) is 6.10 Å². The first-order valence-electron chi connectivity index (χ1n) is 5.64. The molecule has 0 fully saturated rings. The normalized spacial score (nSPS) is 10.4. The Morgan fingerprint density at radius 1 is 1.11 bits per heavy atom. The van der Waals surface area contributed by atoms with Gasteiger partial charge in [-0.3, -0.25) is 0 Å². The minimum Gasteiger partial charge on any atom is -0.461 e. The Labute approximate surface area is 105 Å². The predicted octanol–water partition coefficient (Wildman–Crippen LogP) is 1.98. The molecule has 0 saturated heterocycles. The van der Waals surface area contributed by atoms with E-state index in [9.17, 15) is 0 Å². The molecule has 0 saturated carbocycles. The van der Waals surface area contributed by atoms with Crippen LogP contribution < -0.4 is 15.8 Å². The van der Waals surface area contributed by atoms with E-state index >= 15 is 0 Å². The van der Waals surface area contributed by atoms with Gasteiger partial charge in [-0.2, -0.15) is 15.0 Å². The molecule has 0 spiro atoms. The number of nitrogens with zero attached hydrogens (tertiary/aromatic N) is 3. The first-order valence-corrected chi connectivity index (χ1v) is 5.64. The molecule has 0 unspecified atom stereocenters. The number of rotatable bonds is 4. The van der Waals surface area contributed by atoms with Crippen molar-refractivity contribution >= 4 is 17.6 Å². The summed E-state index contributed by atoms with van der Waals surface area (Å²) in [5.41, 5.74) is 6.48. The highest BCUT2D eigenvalue weighted by atomic mass is 16.5. The highest BCUT2D eigenvalue weighted by Gasteiger charge is 2.07. The molecule has 0 amide bonds. The van der Waals surface area contributed by atoms with E-state index in [4.69, 9.17) is 10.5 Å². The minimum absolute atomic E-state index is 0.0172. The van der Waals surface area contributed by atoms with E-state index in [1.165, 1.54) is 0 Å². The van der Waals surface area contributed by atoms with E-state index in [1.54, 1.807) is 0 Å². The molecule has 1 aromatic carbocycles. The van der Waals surface area contributed by atoms with Crippen molar-refractivity contribution < 1.29 is 4.74 Å². The Hall–Kier alpha value is -2.37. The van der Waals surface area contributed by atoms with Crippen LogP contribution in [0.1, 0.15) is 13.8 Å². The molecule has 6 nitrogen and oxygen atoms in total. The van der Waals surface area contributed by atoms with E-state index in [1.807, 2.05) is 44.2 Å². The van der Waals surface area contributed by atoms with Crippen LogP contribution in [0.25, 0.3) is 0 Å². The average Bonchev–Trinajstić information content (AvgIpc) is 2.28. The van der Waals surface area contributed by atoms with Crippen molar-refractivity contribution in [3.63, 3.8) is 0 Å². The van der Waals surface area contributed by atoms with Gasteiger partial charge in [0.25, 0.3) is 0 Å². The molecule has 0 aliphatic rings. The van der Waals surface area contributed by atoms with E-state index in [-0.39, 0.29) is 18.1 Å². The van der Waals surface area contributed by atoms with Crippen molar-refractivity contribution in [1.29, 1.82) is 0 Å². The monoisotopic (exact) mass is 245 g/mol. The van der Waals surface area contributed by atoms with Gasteiger partial charge in [0.1, 0.15) is 0 Å². The quantitative estimate of drug-likeness (QED) is 0.856. The lowest BCUT2D eigenvalue weighted by Gasteiger charge is -2.09. The zero-order valence-electron chi connectivity index (χ0n) is 10.3. The second-order valence-corrected chi connectivity index (χ2v) is 3.96. The van der Waals surface area contributed by atoms with Gasteiger partial charge in [-0.15, -0.1) is 0 Å². The largest absolute Gasteiger partial charge is 0.461 e. The van der Waals surface area contributed by atoms with Gasteiger partial charge in [0.15, 0.2) is 0 Å². The predicted molar refractivity (Wildman–Crippen MR) is 69.7 cm³/mol. The molecule has 6 heteroatoms. The molecule has 18 heavy (non-hydrogen) atoms. The molecule has 1 heterocycles. The fourth-order valence-electron chi connectivity index (χ4n) is 1.34. The first-order chi connectivity index (χ1) is 8.63. The van der Waals surface area contributed by atoms with Crippen LogP contribution >= 0.6 is 0 Å². The van der Waals surface area contributed by atoms with Crippen LogP contribution in [0, 0.1) is 0 Å². The zero-order chi connectivity index (χ0) is 13.0. The van der Waals surface area contributed by atoms with Gasteiger partial charge < -0.3 is 15.8 Å². The maximum atomic E-state index is 5.61. The lowest BCUT2D eigenvalue weighted by atomic mass is 10.3. The highest BCUT2D eigenvalue weighted by molar-refractivity contribution is 5.53. The molecular weight excluding hydrogens is 230 g/mol. The number of nitrogen functional groups attached to an aromatic ring is 1. The summed E-state index contributed by atoms with van der Waals surface area (Å²) < 4.78 is 5.39. The molecule has 0 bridgehead atoms. The van der Waals surface area contributed by atoms with E-state index in [0.29, 0.717) is 5.95 Å². The Morgan fingerprint density at radius 2 is 1.83 bits per heavy atom. The van der Waals surface area contributed by atoms with Crippen LogP contribution in [0.15, 0.2) is 30.3 Å². The second-order valence-electron chi connectivity index (χ2n) is 3.96. The molecular formula is C12H15N5O. The van der Waals surface area contributed by atoms with Gasteiger partial charge in [-0.25, -0.2) is 0 Å². The summed E-state index contributed by atoms with van der Waals surface area (Å²) in [4.78, 5) is 12.0. The van der Waals surface area contributed by atoms with Crippen LogP contribution in [0.5, 0.6) is 6.01 Å². The van der Waals surface area contributed by atoms with Crippen molar-refractivity contribution in [3.8, 4) is 6.01 Å². The summed E-state index contributed by atoms with van der Waals surface area (Å²) in [7, 11) is 0. The van der Waals surface area contributed by atoms with Gasteiger partial charge in [0, 0.05) is 5.69 Å². The molecule has 2 aromatic rings.